The highest BCUT2D eigenvalue weighted by Crippen LogP contribution is 2.39. The van der Waals surface area contributed by atoms with Crippen molar-refractivity contribution >= 4 is 99.5 Å². The highest BCUT2D eigenvalue weighted by atomic mass is 35.5. The number of benzene rings is 5. The number of nitrogens with one attached hydrogen (secondary N) is 2. The molecule has 14 heteroatoms. The van der Waals surface area contributed by atoms with Crippen molar-refractivity contribution in [1.82, 2.24) is 29.1 Å². The topological polar surface area (TPSA) is 120 Å². The largest absolute Gasteiger partial charge is 0.361 e. The molecule has 0 aliphatic heterocycles. The molecule has 0 spiro atoms. The number of fused-ring (bicyclic) bond motifs is 4. The van der Waals surface area contributed by atoms with E-state index in [1.807, 2.05) is 129 Å². The molecule has 2 N–H and O–H groups in total. The first-order valence-corrected chi connectivity index (χ1v) is 24.3. The predicted molar refractivity (Wildman–Crippen MR) is 283 cm³/mol. The molecule has 11 aromatic rings. The second kappa shape index (κ2) is 18.8. The van der Waals surface area contributed by atoms with Gasteiger partial charge in [-0.3, -0.25) is 18.7 Å². The summed E-state index contributed by atoms with van der Waals surface area (Å²) in [5, 5.41) is 14.8. The van der Waals surface area contributed by atoms with Gasteiger partial charge in [-0.15, -0.1) is 22.7 Å². The monoisotopic (exact) mass is 968 g/mol. The van der Waals surface area contributed by atoms with Crippen LogP contribution in [0.3, 0.4) is 0 Å². The fourth-order valence-corrected chi connectivity index (χ4v) is 11.1. The van der Waals surface area contributed by atoms with Gasteiger partial charge in [0.15, 0.2) is 0 Å². The molecule has 11 rings (SSSR count). The summed E-state index contributed by atoms with van der Waals surface area (Å²) >= 11 is 16.1. The minimum Gasteiger partial charge on any atom is -0.361 e. The molecule has 0 fully saturated rings. The maximum Gasteiger partial charge on any atom is 0.264 e. The first-order valence-electron chi connectivity index (χ1n) is 21.9. The van der Waals surface area contributed by atoms with Crippen molar-refractivity contribution < 1.29 is 0 Å². The summed E-state index contributed by atoms with van der Waals surface area (Å²) in [4.78, 5) is 48.5. The standard InChI is InChI=1S/C29H21ClN4OS.C25H21ClN4OS/c1-18(33-27-26-22(19-9-4-2-5-10-19)16-36-28(26)32-17-31-27)24-15-20-11-8-14-23(30)25(20)29(35)34(24)21-12-6-3-7-13-21;1-14-16(3)32-24-21(14)23(27-13-28-24)29-15(2)20-12-17-8-7-11-19(26)22(17)25(31)30(20)18-9-5-4-6-10-18/h2-18H,1H3,(H,31,32,33);4-13,15H,1-3H3,(H,27,28,29)/t18-;15-/m00/s1. The van der Waals surface area contributed by atoms with Crippen LogP contribution in [0.5, 0.6) is 0 Å². The number of hydrogen-bond acceptors (Lipinski definition) is 10. The van der Waals surface area contributed by atoms with E-state index in [1.165, 1.54) is 10.4 Å². The minimum atomic E-state index is -0.247. The fraction of sp³-hybridized carbons (Fsp3) is 0.111. The number of aryl methyl sites for hydroxylation is 2. The molecule has 0 bridgehead atoms. The van der Waals surface area contributed by atoms with Crippen LogP contribution >= 0.6 is 45.9 Å². The van der Waals surface area contributed by atoms with E-state index >= 15 is 0 Å². The molecule has 5 aromatic carbocycles. The average Bonchev–Trinajstić information content (AvgIpc) is 3.93. The Bertz CT molecular complexity index is 3780. The number of para-hydroxylation sites is 2. The van der Waals surface area contributed by atoms with Crippen molar-refractivity contribution in [1.29, 1.82) is 0 Å². The highest BCUT2D eigenvalue weighted by molar-refractivity contribution is 7.19. The maximum absolute atomic E-state index is 13.8. The molecule has 10 nitrogen and oxygen atoms in total. The van der Waals surface area contributed by atoms with Gasteiger partial charge < -0.3 is 10.6 Å². The number of halogens is 2. The van der Waals surface area contributed by atoms with Crippen LogP contribution in [0.15, 0.2) is 167 Å². The van der Waals surface area contributed by atoms with E-state index in [0.717, 1.165) is 76.7 Å². The summed E-state index contributed by atoms with van der Waals surface area (Å²) < 4.78 is 3.46. The molecule has 0 saturated heterocycles. The first kappa shape index (κ1) is 44.6. The van der Waals surface area contributed by atoms with Gasteiger partial charge in [-0.05, 0) is 98.1 Å². The number of thiophene rings is 2. The van der Waals surface area contributed by atoms with Crippen molar-refractivity contribution in [3.8, 4) is 22.5 Å². The second-order valence-electron chi connectivity index (χ2n) is 16.3. The fourth-order valence-electron chi connectivity index (χ4n) is 8.67. The van der Waals surface area contributed by atoms with Gasteiger partial charge in [-0.25, -0.2) is 19.9 Å². The van der Waals surface area contributed by atoms with Crippen molar-refractivity contribution in [3.63, 3.8) is 0 Å². The molecule has 336 valence electrons. The summed E-state index contributed by atoms with van der Waals surface area (Å²) in [7, 11) is 0. The Labute approximate surface area is 409 Å². The van der Waals surface area contributed by atoms with Crippen LogP contribution in [0.25, 0.3) is 64.5 Å². The number of aromatic nitrogens is 6. The normalized spacial score (nSPS) is 12.3. The Morgan fingerprint density at radius 2 is 1.01 bits per heavy atom. The van der Waals surface area contributed by atoms with Crippen molar-refractivity contribution in [2.75, 3.05) is 10.6 Å². The lowest BCUT2D eigenvalue weighted by Crippen LogP contribution is -2.25. The van der Waals surface area contributed by atoms with Gasteiger partial charge in [0.05, 0.1) is 43.7 Å². The van der Waals surface area contributed by atoms with Crippen LogP contribution in [0.2, 0.25) is 10.0 Å². The molecule has 0 amide bonds. The number of nitrogens with zero attached hydrogens (tertiary/aromatic N) is 6. The van der Waals surface area contributed by atoms with Crippen LogP contribution in [-0.4, -0.2) is 29.1 Å². The zero-order valence-corrected chi connectivity index (χ0v) is 40.4. The number of hydrogen-bond donors (Lipinski definition) is 2. The number of anilines is 2. The van der Waals surface area contributed by atoms with Crippen molar-refractivity contribution in [2.45, 2.75) is 39.8 Å². The zero-order chi connectivity index (χ0) is 47.1. The Morgan fingerprint density at radius 3 is 1.53 bits per heavy atom. The summed E-state index contributed by atoms with van der Waals surface area (Å²) in [6, 6.07) is 44.2. The summed E-state index contributed by atoms with van der Waals surface area (Å²) in [5.74, 6) is 1.49. The lowest BCUT2D eigenvalue weighted by atomic mass is 10.1. The van der Waals surface area contributed by atoms with E-state index in [9.17, 15) is 9.59 Å². The maximum atomic E-state index is 13.8. The molecule has 68 heavy (non-hydrogen) atoms. The summed E-state index contributed by atoms with van der Waals surface area (Å²) in [5.41, 5.74) is 6.27. The molecule has 2 atom stereocenters. The quantitative estimate of drug-likeness (QED) is 0.147. The van der Waals surface area contributed by atoms with Gasteiger partial charge in [-0.2, -0.15) is 0 Å². The molecular weight excluding hydrogens is 928 g/mol. The van der Waals surface area contributed by atoms with Gasteiger partial charge in [-0.1, -0.05) is 114 Å². The zero-order valence-electron chi connectivity index (χ0n) is 37.2. The molecule has 0 aliphatic rings. The number of pyridine rings is 2. The molecule has 0 radical (unpaired) electrons. The molecular formula is C54H42Cl2N8O2S2. The lowest BCUT2D eigenvalue weighted by molar-refractivity contribution is 0.774. The third-order valence-electron chi connectivity index (χ3n) is 12.1. The van der Waals surface area contributed by atoms with Gasteiger partial charge in [0, 0.05) is 38.6 Å². The molecule has 0 saturated carbocycles. The van der Waals surface area contributed by atoms with Crippen molar-refractivity contribution in [2.24, 2.45) is 0 Å². The van der Waals surface area contributed by atoms with Crippen molar-refractivity contribution in [3.05, 3.63) is 210 Å². The van der Waals surface area contributed by atoms with Gasteiger partial charge in [0.2, 0.25) is 0 Å². The van der Waals surface area contributed by atoms with Gasteiger partial charge in [0.25, 0.3) is 11.1 Å². The first-order chi connectivity index (χ1) is 33.1. The average molecular weight is 970 g/mol. The predicted octanol–water partition coefficient (Wildman–Crippen LogP) is 13.9. The lowest BCUT2D eigenvalue weighted by Gasteiger charge is -2.22. The van der Waals surface area contributed by atoms with Crippen LogP contribution < -0.4 is 21.8 Å². The van der Waals surface area contributed by atoms with Crippen LogP contribution in [0.1, 0.15) is 47.8 Å². The van der Waals surface area contributed by atoms with Crippen LogP contribution in [0, 0.1) is 13.8 Å². The van der Waals surface area contributed by atoms with Crippen LogP contribution in [-0.2, 0) is 0 Å². The second-order valence-corrected chi connectivity index (χ2v) is 19.2. The summed E-state index contributed by atoms with van der Waals surface area (Å²) in [6.45, 7) is 8.25. The molecule has 6 heterocycles. The van der Waals surface area contributed by atoms with E-state index in [-0.39, 0.29) is 23.2 Å². The third-order valence-corrected chi connectivity index (χ3v) is 14.7. The van der Waals surface area contributed by atoms with E-state index in [4.69, 9.17) is 23.2 Å². The Morgan fingerprint density at radius 1 is 0.544 bits per heavy atom. The van der Waals surface area contributed by atoms with Crippen LogP contribution in [0.4, 0.5) is 11.6 Å². The van der Waals surface area contributed by atoms with Gasteiger partial charge in [0.1, 0.15) is 34.0 Å². The van der Waals surface area contributed by atoms with E-state index in [0.29, 0.717) is 20.8 Å². The SMILES string of the molecule is C[C@H](Nc1ncnc2scc(-c3ccccc3)c12)c1cc2cccc(Cl)c2c(=O)n1-c1ccccc1.Cc1sc2ncnc(N[C@@H](C)c3cc4cccc(Cl)c4c(=O)n3-c3ccccc3)c2c1C. The summed E-state index contributed by atoms with van der Waals surface area (Å²) in [6.07, 6.45) is 3.16. The highest BCUT2D eigenvalue weighted by Gasteiger charge is 2.22. The smallest absolute Gasteiger partial charge is 0.264 e. The third kappa shape index (κ3) is 8.30. The molecule has 6 aromatic heterocycles. The molecule has 0 unspecified atom stereocenters. The van der Waals surface area contributed by atoms with E-state index in [1.54, 1.807) is 56.6 Å². The number of rotatable bonds is 9. The Balaban J connectivity index is 0.000000160. The molecule has 0 aliphatic carbocycles. The Hall–Kier alpha value is -7.22. The van der Waals surface area contributed by atoms with E-state index < -0.39 is 0 Å². The Kier molecular flexibility index (Phi) is 12.3. The van der Waals surface area contributed by atoms with Gasteiger partial charge >= 0.3 is 0 Å². The minimum absolute atomic E-state index is 0.140. The van der Waals surface area contributed by atoms with E-state index in [2.05, 4.69) is 61.9 Å².